The van der Waals surface area contributed by atoms with Crippen LogP contribution in [0.2, 0.25) is 0 Å². The Bertz CT molecular complexity index is 1150. The van der Waals surface area contributed by atoms with E-state index in [1.165, 1.54) is 24.2 Å². The standard InChI is InChI=1S/C25H31N3O3S/c1-4-25(2,30)14-21-13-22-23(32-21)24(29)28(15-26-22)16-7-9-19(10-8-16)31-20-11-17-5-6-18(12-20)27(17)3/h7-10,13,15,17-18,20,30H,4-6,11-12,14H2,1-3H3/t17-,18?,20?,25?/m0/s1. The first-order chi connectivity index (χ1) is 15.3. The van der Waals surface area contributed by atoms with Gasteiger partial charge in [-0.3, -0.25) is 9.36 Å². The summed E-state index contributed by atoms with van der Waals surface area (Å²) in [6.45, 7) is 3.78. The van der Waals surface area contributed by atoms with Crippen molar-refractivity contribution in [2.75, 3.05) is 7.05 Å². The molecule has 170 valence electrons. The van der Waals surface area contributed by atoms with E-state index in [9.17, 15) is 9.90 Å². The number of nitrogens with zero attached hydrogens (tertiary/aromatic N) is 3. The molecule has 6 nitrogen and oxygen atoms in total. The van der Waals surface area contributed by atoms with E-state index < -0.39 is 5.60 Å². The van der Waals surface area contributed by atoms with Gasteiger partial charge in [-0.15, -0.1) is 11.3 Å². The number of ether oxygens (including phenoxy) is 1. The number of aliphatic hydroxyl groups is 1. The lowest BCUT2D eigenvalue weighted by Crippen LogP contribution is -2.43. The van der Waals surface area contributed by atoms with Crippen LogP contribution in [0, 0.1) is 0 Å². The molecule has 5 rings (SSSR count). The minimum absolute atomic E-state index is 0.0806. The van der Waals surface area contributed by atoms with Crippen molar-refractivity contribution < 1.29 is 9.84 Å². The van der Waals surface area contributed by atoms with Crippen molar-refractivity contribution in [3.63, 3.8) is 0 Å². The van der Waals surface area contributed by atoms with Crippen LogP contribution in [-0.2, 0) is 6.42 Å². The average Bonchev–Trinajstić information content (AvgIpc) is 3.25. The van der Waals surface area contributed by atoms with Gasteiger partial charge < -0.3 is 14.7 Å². The smallest absolute Gasteiger partial charge is 0.275 e. The highest BCUT2D eigenvalue weighted by atomic mass is 32.1. The number of fused-ring (bicyclic) bond motifs is 3. The molecule has 1 aromatic carbocycles. The monoisotopic (exact) mass is 453 g/mol. The van der Waals surface area contributed by atoms with E-state index in [-0.39, 0.29) is 11.7 Å². The molecule has 3 aromatic rings. The van der Waals surface area contributed by atoms with Crippen molar-refractivity contribution in [3.8, 4) is 11.4 Å². The van der Waals surface area contributed by atoms with Gasteiger partial charge >= 0.3 is 0 Å². The zero-order valence-electron chi connectivity index (χ0n) is 19.0. The molecule has 2 fully saturated rings. The number of hydrogen-bond donors (Lipinski definition) is 1. The largest absolute Gasteiger partial charge is 0.490 e. The van der Waals surface area contributed by atoms with Gasteiger partial charge in [0.2, 0.25) is 0 Å². The molecule has 0 radical (unpaired) electrons. The van der Waals surface area contributed by atoms with Crippen molar-refractivity contribution in [3.05, 3.63) is 51.9 Å². The third-order valence-electron chi connectivity index (χ3n) is 7.28. The first-order valence-corrected chi connectivity index (χ1v) is 12.4. The summed E-state index contributed by atoms with van der Waals surface area (Å²) < 4.78 is 8.49. The Morgan fingerprint density at radius 2 is 1.91 bits per heavy atom. The maximum atomic E-state index is 13.1. The number of rotatable bonds is 6. The quantitative estimate of drug-likeness (QED) is 0.607. The highest BCUT2D eigenvalue weighted by Crippen LogP contribution is 2.36. The van der Waals surface area contributed by atoms with Crippen molar-refractivity contribution in [1.29, 1.82) is 0 Å². The Hall–Kier alpha value is -2.22. The second kappa shape index (κ2) is 8.28. The van der Waals surface area contributed by atoms with Gasteiger partial charge in [0, 0.05) is 23.4 Å². The third-order valence-corrected chi connectivity index (χ3v) is 8.39. The summed E-state index contributed by atoms with van der Waals surface area (Å²) >= 11 is 1.42. The van der Waals surface area contributed by atoms with E-state index in [2.05, 4.69) is 16.9 Å². The second-order valence-corrected chi connectivity index (χ2v) is 10.8. The minimum Gasteiger partial charge on any atom is -0.490 e. The number of hydrogen-bond acceptors (Lipinski definition) is 6. The Morgan fingerprint density at radius 3 is 2.56 bits per heavy atom. The summed E-state index contributed by atoms with van der Waals surface area (Å²) in [5.41, 5.74) is 0.608. The zero-order valence-corrected chi connectivity index (χ0v) is 19.8. The first kappa shape index (κ1) is 21.6. The summed E-state index contributed by atoms with van der Waals surface area (Å²) in [7, 11) is 2.23. The maximum absolute atomic E-state index is 13.1. The molecule has 0 amide bonds. The normalized spacial score (nSPS) is 25.2. The van der Waals surface area contributed by atoms with Crippen LogP contribution in [-0.4, -0.2) is 50.4 Å². The predicted molar refractivity (Wildman–Crippen MR) is 128 cm³/mol. The molecule has 2 bridgehead atoms. The summed E-state index contributed by atoms with van der Waals surface area (Å²) in [6.07, 6.45) is 7.75. The van der Waals surface area contributed by atoms with Crippen LogP contribution >= 0.6 is 11.3 Å². The molecular weight excluding hydrogens is 422 g/mol. The molecule has 0 aliphatic carbocycles. The molecule has 2 aromatic heterocycles. The number of aromatic nitrogens is 2. The number of thiophene rings is 1. The fourth-order valence-corrected chi connectivity index (χ4v) is 6.29. The van der Waals surface area contributed by atoms with Gasteiger partial charge in [-0.1, -0.05) is 6.92 Å². The molecule has 2 aliphatic heterocycles. The molecular formula is C25H31N3O3S. The number of piperidine rings is 1. The summed E-state index contributed by atoms with van der Waals surface area (Å²) in [4.78, 5) is 21.1. The van der Waals surface area contributed by atoms with E-state index in [4.69, 9.17) is 4.74 Å². The van der Waals surface area contributed by atoms with Crippen molar-refractivity contribution >= 4 is 21.6 Å². The molecule has 2 aliphatic rings. The molecule has 32 heavy (non-hydrogen) atoms. The molecule has 0 spiro atoms. The lowest BCUT2D eigenvalue weighted by atomic mass is 9.98. The van der Waals surface area contributed by atoms with Crippen LogP contribution < -0.4 is 10.3 Å². The Labute approximate surface area is 192 Å². The molecule has 2 saturated heterocycles. The minimum atomic E-state index is -0.775. The van der Waals surface area contributed by atoms with Gasteiger partial charge in [-0.05, 0) is 76.4 Å². The zero-order chi connectivity index (χ0) is 22.5. The molecule has 4 atom stereocenters. The molecule has 4 heterocycles. The third kappa shape index (κ3) is 4.09. The fraction of sp³-hybridized carbons (Fsp3) is 0.520. The summed E-state index contributed by atoms with van der Waals surface area (Å²) in [5, 5.41) is 10.4. The molecule has 7 heteroatoms. The van der Waals surface area contributed by atoms with E-state index in [1.54, 1.807) is 10.9 Å². The fourth-order valence-electron chi connectivity index (χ4n) is 5.07. The maximum Gasteiger partial charge on any atom is 0.275 e. The van der Waals surface area contributed by atoms with Crippen LogP contribution in [0.3, 0.4) is 0 Å². The van der Waals surface area contributed by atoms with Gasteiger partial charge in [0.15, 0.2) is 0 Å². The van der Waals surface area contributed by atoms with Crippen LogP contribution in [0.1, 0.15) is 50.8 Å². The van der Waals surface area contributed by atoms with Crippen molar-refractivity contribution in [2.24, 2.45) is 0 Å². The van der Waals surface area contributed by atoms with Crippen LogP contribution in [0.15, 0.2) is 41.5 Å². The first-order valence-electron chi connectivity index (χ1n) is 11.5. The van der Waals surface area contributed by atoms with Gasteiger partial charge in [0.25, 0.3) is 5.56 Å². The van der Waals surface area contributed by atoms with Crippen LogP contribution in [0.25, 0.3) is 15.9 Å². The summed E-state index contributed by atoms with van der Waals surface area (Å²) in [5.74, 6) is 0.852. The second-order valence-electron chi connectivity index (χ2n) is 9.63. The van der Waals surface area contributed by atoms with E-state index in [0.29, 0.717) is 35.1 Å². The highest BCUT2D eigenvalue weighted by Gasteiger charge is 2.39. The van der Waals surface area contributed by atoms with E-state index in [1.807, 2.05) is 44.2 Å². The number of benzene rings is 1. The average molecular weight is 454 g/mol. The SMILES string of the molecule is CCC(C)(O)Cc1cc2ncn(-c3ccc(OC4CC5CC[C@@H](C4)N5C)cc3)c(=O)c2s1. The Morgan fingerprint density at radius 1 is 1.22 bits per heavy atom. The predicted octanol–water partition coefficient (Wildman–Crippen LogP) is 4.15. The topological polar surface area (TPSA) is 67.6 Å². The van der Waals surface area contributed by atoms with Gasteiger partial charge in [-0.2, -0.15) is 0 Å². The summed E-state index contributed by atoms with van der Waals surface area (Å²) in [6, 6.07) is 10.9. The lowest BCUT2D eigenvalue weighted by Gasteiger charge is -2.36. The Balaban J connectivity index is 1.34. The van der Waals surface area contributed by atoms with Gasteiger partial charge in [0.05, 0.1) is 16.8 Å². The van der Waals surface area contributed by atoms with E-state index >= 15 is 0 Å². The highest BCUT2D eigenvalue weighted by molar-refractivity contribution is 7.18. The molecule has 3 unspecified atom stereocenters. The van der Waals surface area contributed by atoms with Gasteiger partial charge in [0.1, 0.15) is 22.9 Å². The Kier molecular flexibility index (Phi) is 5.60. The van der Waals surface area contributed by atoms with E-state index in [0.717, 1.165) is 29.2 Å². The lowest BCUT2D eigenvalue weighted by molar-refractivity contribution is 0.0573. The van der Waals surface area contributed by atoms with Crippen LogP contribution in [0.4, 0.5) is 0 Å². The van der Waals surface area contributed by atoms with Crippen molar-refractivity contribution in [2.45, 2.75) is 76.2 Å². The van der Waals surface area contributed by atoms with Crippen LogP contribution in [0.5, 0.6) is 5.75 Å². The molecule has 0 saturated carbocycles. The van der Waals surface area contributed by atoms with Gasteiger partial charge in [-0.25, -0.2) is 4.98 Å². The van der Waals surface area contributed by atoms with Crippen molar-refractivity contribution in [1.82, 2.24) is 14.5 Å². The molecule has 1 N–H and O–H groups in total.